The number of nitrogens with one attached hydrogen (secondary N) is 1. The molecule has 3 atom stereocenters. The van der Waals surface area contributed by atoms with Gasteiger partial charge in [0.2, 0.25) is 0 Å². The van der Waals surface area contributed by atoms with E-state index in [4.69, 9.17) is 9.47 Å². The highest BCUT2D eigenvalue weighted by atomic mass is 16.5. The molecule has 1 N–H and O–H groups in total. The predicted molar refractivity (Wildman–Crippen MR) is 74.4 cm³/mol. The molecule has 0 bridgehead atoms. The fourth-order valence-corrected chi connectivity index (χ4v) is 2.82. The van der Waals surface area contributed by atoms with Crippen molar-refractivity contribution in [1.82, 2.24) is 15.1 Å². The van der Waals surface area contributed by atoms with Crippen molar-refractivity contribution in [2.45, 2.75) is 57.9 Å². The first-order valence-electron chi connectivity index (χ1n) is 7.13. The number of hydrogen-bond acceptors (Lipinski definition) is 4. The Bertz CT molecular complexity index is 405. The molecule has 0 spiro atoms. The van der Waals surface area contributed by atoms with Crippen molar-refractivity contribution in [1.29, 1.82) is 0 Å². The molecule has 2 rings (SSSR count). The van der Waals surface area contributed by atoms with Crippen molar-refractivity contribution in [3.63, 3.8) is 0 Å². The fraction of sp³-hybridized carbons (Fsp3) is 0.786. The largest absolute Gasteiger partial charge is 0.493 e. The Kier molecular flexibility index (Phi) is 4.82. The molecule has 1 fully saturated rings. The van der Waals surface area contributed by atoms with Crippen LogP contribution in [-0.4, -0.2) is 36.1 Å². The van der Waals surface area contributed by atoms with Gasteiger partial charge in [-0.1, -0.05) is 6.92 Å². The maximum atomic E-state index is 6.01. The highest BCUT2D eigenvalue weighted by Crippen LogP contribution is 2.34. The summed E-state index contributed by atoms with van der Waals surface area (Å²) in [4.78, 5) is 0. The summed E-state index contributed by atoms with van der Waals surface area (Å²) in [6, 6.07) is 0.133. The summed E-state index contributed by atoms with van der Waals surface area (Å²) in [7, 11) is 3.67. The molecule has 2 heterocycles. The fourth-order valence-electron chi connectivity index (χ4n) is 2.82. The first-order chi connectivity index (χ1) is 9.21. The lowest BCUT2D eigenvalue weighted by molar-refractivity contribution is 0.0308. The molecule has 5 heteroatoms. The molecule has 0 saturated carbocycles. The lowest BCUT2D eigenvalue weighted by Crippen LogP contribution is -2.32. The van der Waals surface area contributed by atoms with Crippen LogP contribution in [0.25, 0.3) is 0 Å². The van der Waals surface area contributed by atoms with E-state index in [1.165, 1.54) is 0 Å². The van der Waals surface area contributed by atoms with Crippen LogP contribution in [0.1, 0.15) is 44.8 Å². The van der Waals surface area contributed by atoms with Gasteiger partial charge in [-0.2, -0.15) is 5.10 Å². The van der Waals surface area contributed by atoms with Crippen LogP contribution in [0, 0.1) is 0 Å². The van der Waals surface area contributed by atoms with Crippen molar-refractivity contribution >= 4 is 0 Å². The van der Waals surface area contributed by atoms with E-state index in [9.17, 15) is 0 Å². The molecule has 0 aromatic carbocycles. The Morgan fingerprint density at radius 2 is 2.37 bits per heavy atom. The molecule has 0 radical (unpaired) electrons. The molecule has 3 unspecified atom stereocenters. The van der Waals surface area contributed by atoms with Gasteiger partial charge in [-0.05, 0) is 33.2 Å². The third kappa shape index (κ3) is 2.92. The summed E-state index contributed by atoms with van der Waals surface area (Å²) in [6.45, 7) is 5.19. The summed E-state index contributed by atoms with van der Waals surface area (Å²) >= 11 is 0. The van der Waals surface area contributed by atoms with Gasteiger partial charge in [-0.15, -0.1) is 0 Å². The molecule has 19 heavy (non-hydrogen) atoms. The first kappa shape index (κ1) is 14.3. The van der Waals surface area contributed by atoms with Crippen LogP contribution in [0.3, 0.4) is 0 Å². The number of hydrogen-bond donors (Lipinski definition) is 1. The lowest BCUT2D eigenvalue weighted by Gasteiger charge is -2.25. The molecule has 0 aliphatic carbocycles. The Hall–Kier alpha value is -1.07. The van der Waals surface area contributed by atoms with Crippen LogP contribution in [0.15, 0.2) is 6.20 Å². The van der Waals surface area contributed by atoms with Gasteiger partial charge in [0.25, 0.3) is 0 Å². The Balaban J connectivity index is 2.28. The monoisotopic (exact) mass is 267 g/mol. The lowest BCUT2D eigenvalue weighted by atomic mass is 10.0. The highest BCUT2D eigenvalue weighted by Gasteiger charge is 2.33. The van der Waals surface area contributed by atoms with Crippen molar-refractivity contribution in [2.75, 3.05) is 14.2 Å². The Labute approximate surface area is 115 Å². The maximum Gasteiger partial charge on any atom is 0.161 e. The van der Waals surface area contributed by atoms with Gasteiger partial charge in [0, 0.05) is 6.54 Å². The zero-order chi connectivity index (χ0) is 13.8. The summed E-state index contributed by atoms with van der Waals surface area (Å²) in [5, 5.41) is 7.81. The minimum atomic E-state index is 0.133. The van der Waals surface area contributed by atoms with E-state index in [1.54, 1.807) is 13.3 Å². The zero-order valence-electron chi connectivity index (χ0n) is 12.3. The Morgan fingerprint density at radius 3 is 2.89 bits per heavy atom. The molecule has 1 aliphatic rings. The second-order valence-corrected chi connectivity index (χ2v) is 5.15. The van der Waals surface area contributed by atoms with Crippen molar-refractivity contribution in [3.8, 4) is 5.75 Å². The van der Waals surface area contributed by atoms with Gasteiger partial charge in [-0.25, -0.2) is 0 Å². The number of rotatable bonds is 6. The third-order valence-corrected chi connectivity index (χ3v) is 3.74. The minimum Gasteiger partial charge on any atom is -0.493 e. The third-order valence-electron chi connectivity index (χ3n) is 3.74. The average molecular weight is 267 g/mol. The first-order valence-corrected chi connectivity index (χ1v) is 7.13. The molecule has 1 saturated heterocycles. The number of likely N-dealkylation sites (N-methyl/N-ethyl adjacent to an activating group) is 1. The van der Waals surface area contributed by atoms with Gasteiger partial charge >= 0.3 is 0 Å². The van der Waals surface area contributed by atoms with E-state index in [1.807, 2.05) is 11.7 Å². The average Bonchev–Trinajstić information content (AvgIpc) is 2.99. The quantitative estimate of drug-likeness (QED) is 0.858. The van der Waals surface area contributed by atoms with E-state index in [0.717, 1.165) is 37.3 Å². The van der Waals surface area contributed by atoms with Crippen molar-refractivity contribution in [3.05, 3.63) is 11.9 Å². The minimum absolute atomic E-state index is 0.133. The predicted octanol–water partition coefficient (Wildman–Crippen LogP) is 2.13. The van der Waals surface area contributed by atoms with E-state index in [-0.39, 0.29) is 12.1 Å². The van der Waals surface area contributed by atoms with E-state index < -0.39 is 0 Å². The normalized spacial score (nSPS) is 24.6. The standard InChI is InChI=1S/C14H25N3O2/c1-5-8-17-14(12(18-4)9-16-17)13(15-3)11-7-6-10(2)19-11/h9-11,13,15H,5-8H2,1-4H3. The number of aromatic nitrogens is 2. The molecule has 5 nitrogen and oxygen atoms in total. The Morgan fingerprint density at radius 1 is 1.58 bits per heavy atom. The van der Waals surface area contributed by atoms with Crippen LogP contribution in [-0.2, 0) is 11.3 Å². The zero-order valence-corrected chi connectivity index (χ0v) is 12.3. The molecule has 1 aromatic heterocycles. The van der Waals surface area contributed by atoms with Gasteiger partial charge in [0.05, 0.1) is 37.3 Å². The van der Waals surface area contributed by atoms with E-state index in [2.05, 4.69) is 24.3 Å². The maximum absolute atomic E-state index is 6.01. The second-order valence-electron chi connectivity index (χ2n) is 5.15. The van der Waals surface area contributed by atoms with Gasteiger partial charge in [0.1, 0.15) is 0 Å². The van der Waals surface area contributed by atoms with E-state index >= 15 is 0 Å². The molecular formula is C14H25N3O2. The van der Waals surface area contributed by atoms with Crippen molar-refractivity contribution < 1.29 is 9.47 Å². The van der Waals surface area contributed by atoms with Crippen LogP contribution in [0.2, 0.25) is 0 Å². The summed E-state index contributed by atoms with van der Waals surface area (Å²) < 4.78 is 13.5. The summed E-state index contributed by atoms with van der Waals surface area (Å²) in [6.07, 6.45) is 5.58. The van der Waals surface area contributed by atoms with Gasteiger partial charge < -0.3 is 14.8 Å². The number of ether oxygens (including phenoxy) is 2. The van der Waals surface area contributed by atoms with Gasteiger partial charge in [0.15, 0.2) is 5.75 Å². The topological polar surface area (TPSA) is 48.3 Å². The SMILES string of the molecule is CCCn1ncc(OC)c1C(NC)C1CCC(C)O1. The number of methoxy groups -OCH3 is 1. The molecule has 1 aliphatic heterocycles. The molecular weight excluding hydrogens is 242 g/mol. The molecule has 1 aromatic rings. The van der Waals surface area contributed by atoms with Crippen LogP contribution >= 0.6 is 0 Å². The molecule has 108 valence electrons. The van der Waals surface area contributed by atoms with Crippen LogP contribution in [0.4, 0.5) is 0 Å². The van der Waals surface area contributed by atoms with Crippen molar-refractivity contribution in [2.24, 2.45) is 0 Å². The summed E-state index contributed by atoms with van der Waals surface area (Å²) in [5.41, 5.74) is 1.10. The smallest absolute Gasteiger partial charge is 0.161 e. The molecule has 0 amide bonds. The number of aryl methyl sites for hydroxylation is 1. The van der Waals surface area contributed by atoms with Crippen LogP contribution in [0.5, 0.6) is 5.75 Å². The second kappa shape index (κ2) is 6.39. The summed E-state index contributed by atoms with van der Waals surface area (Å²) in [5.74, 6) is 0.843. The van der Waals surface area contributed by atoms with Crippen LogP contribution < -0.4 is 10.1 Å². The highest BCUT2D eigenvalue weighted by molar-refractivity contribution is 5.29. The van der Waals surface area contributed by atoms with E-state index in [0.29, 0.717) is 6.10 Å². The van der Waals surface area contributed by atoms with Gasteiger partial charge in [-0.3, -0.25) is 4.68 Å². The number of nitrogens with zero attached hydrogens (tertiary/aromatic N) is 2.